The van der Waals surface area contributed by atoms with E-state index in [0.717, 1.165) is 17.3 Å². The number of hydrogen-bond donors (Lipinski definition) is 1. The maximum absolute atomic E-state index is 12.4. The molecule has 0 fully saturated rings. The number of nitrogen functional groups attached to an aromatic ring is 1. The van der Waals surface area contributed by atoms with Gasteiger partial charge in [0, 0.05) is 22.7 Å². The number of aromatic nitrogens is 3. The number of nitrogens with zero attached hydrogens (tertiary/aromatic N) is 4. The number of hydrogen-bond acceptors (Lipinski definition) is 10. The highest BCUT2D eigenvalue weighted by Crippen LogP contribution is 2.25. The Kier molecular flexibility index (Phi) is 4.87. The number of nitrogens with two attached hydrogens (primary N) is 1. The smallest absolute Gasteiger partial charge is 0.284 e. The lowest BCUT2D eigenvalue weighted by Crippen LogP contribution is -2.13. The van der Waals surface area contributed by atoms with Crippen molar-refractivity contribution < 1.29 is 14.0 Å². The Labute approximate surface area is 144 Å². The van der Waals surface area contributed by atoms with E-state index in [1.807, 2.05) is 30.3 Å². The van der Waals surface area contributed by atoms with Gasteiger partial charge in [0.1, 0.15) is 12.8 Å². The molecular weight excluding hydrogens is 350 g/mol. The van der Waals surface area contributed by atoms with E-state index in [0.29, 0.717) is 16.7 Å². The monoisotopic (exact) mass is 361 g/mol. The number of oxime groups is 1. The van der Waals surface area contributed by atoms with E-state index in [1.54, 1.807) is 5.38 Å². The van der Waals surface area contributed by atoms with Gasteiger partial charge in [-0.05, 0) is 12.1 Å². The van der Waals surface area contributed by atoms with Crippen molar-refractivity contribution in [2.24, 2.45) is 5.16 Å². The van der Waals surface area contributed by atoms with Crippen LogP contribution in [-0.2, 0) is 9.63 Å². The van der Waals surface area contributed by atoms with Crippen LogP contribution in [0.2, 0.25) is 0 Å². The Morgan fingerprint density at radius 1 is 1.33 bits per heavy atom. The Morgan fingerprint density at radius 2 is 2.12 bits per heavy atom. The van der Waals surface area contributed by atoms with Crippen molar-refractivity contribution in [1.29, 1.82) is 0 Å². The summed E-state index contributed by atoms with van der Waals surface area (Å²) in [6, 6.07) is 9.26. The third kappa shape index (κ3) is 3.60. The SMILES string of the molecule is CO/N=C(\C(=O)Sc1nnc(-c2ccccc2)o1)c1csc(N)n1. The first-order valence-corrected chi connectivity index (χ1v) is 8.30. The minimum absolute atomic E-state index is 0.0231. The Balaban J connectivity index is 1.79. The van der Waals surface area contributed by atoms with Crippen LogP contribution in [0.3, 0.4) is 0 Å². The maximum atomic E-state index is 12.4. The summed E-state index contributed by atoms with van der Waals surface area (Å²) in [5.41, 5.74) is 6.71. The second kappa shape index (κ2) is 7.23. The summed E-state index contributed by atoms with van der Waals surface area (Å²) in [5, 5.41) is 13.1. The first-order chi connectivity index (χ1) is 11.7. The molecule has 0 aliphatic rings. The van der Waals surface area contributed by atoms with Crippen molar-refractivity contribution in [2.75, 3.05) is 12.8 Å². The number of carbonyl (C=O) groups excluding carboxylic acids is 1. The van der Waals surface area contributed by atoms with Gasteiger partial charge < -0.3 is 15.0 Å². The minimum Gasteiger partial charge on any atom is -0.411 e. The molecule has 0 saturated heterocycles. The lowest BCUT2D eigenvalue weighted by Gasteiger charge is -1.99. The van der Waals surface area contributed by atoms with Crippen LogP contribution < -0.4 is 5.73 Å². The van der Waals surface area contributed by atoms with Crippen LogP contribution >= 0.6 is 23.1 Å². The lowest BCUT2D eigenvalue weighted by molar-refractivity contribution is -0.105. The summed E-state index contributed by atoms with van der Waals surface area (Å²) in [5.74, 6) is 0.328. The summed E-state index contributed by atoms with van der Waals surface area (Å²) in [7, 11) is 1.34. The summed E-state index contributed by atoms with van der Waals surface area (Å²) < 4.78 is 5.49. The third-order valence-corrected chi connectivity index (χ3v) is 4.14. The molecule has 0 bridgehead atoms. The van der Waals surface area contributed by atoms with Crippen LogP contribution in [0.1, 0.15) is 5.69 Å². The molecule has 0 radical (unpaired) electrons. The number of carbonyl (C=O) groups is 1. The van der Waals surface area contributed by atoms with E-state index in [2.05, 4.69) is 20.3 Å². The molecule has 3 aromatic rings. The Hall–Kier alpha value is -2.72. The van der Waals surface area contributed by atoms with Crippen LogP contribution in [0.4, 0.5) is 5.13 Å². The average molecular weight is 361 g/mol. The normalized spacial score (nSPS) is 11.5. The Bertz CT molecular complexity index is 875. The van der Waals surface area contributed by atoms with E-state index < -0.39 is 5.12 Å². The minimum atomic E-state index is -0.439. The van der Waals surface area contributed by atoms with Gasteiger partial charge in [-0.3, -0.25) is 4.79 Å². The number of benzene rings is 1. The van der Waals surface area contributed by atoms with Gasteiger partial charge in [-0.25, -0.2) is 4.98 Å². The predicted molar refractivity (Wildman–Crippen MR) is 90.7 cm³/mol. The van der Waals surface area contributed by atoms with E-state index in [4.69, 9.17) is 15.0 Å². The fourth-order valence-electron chi connectivity index (χ4n) is 1.75. The molecule has 2 aromatic heterocycles. The molecule has 8 nitrogen and oxygen atoms in total. The summed E-state index contributed by atoms with van der Waals surface area (Å²) in [6.45, 7) is 0. The zero-order chi connectivity index (χ0) is 16.9. The molecule has 0 unspecified atom stereocenters. The molecule has 0 aliphatic heterocycles. The van der Waals surface area contributed by atoms with Gasteiger partial charge in [-0.15, -0.1) is 21.5 Å². The average Bonchev–Trinajstić information content (AvgIpc) is 3.22. The molecule has 2 heterocycles. The van der Waals surface area contributed by atoms with E-state index in [1.165, 1.54) is 18.4 Å². The summed E-state index contributed by atoms with van der Waals surface area (Å²) in [6.07, 6.45) is 0. The second-order valence-corrected chi connectivity index (χ2v) is 6.14. The molecule has 0 amide bonds. The quantitative estimate of drug-likeness (QED) is 0.418. The largest absolute Gasteiger partial charge is 0.411 e. The number of thiazole rings is 1. The molecule has 1 aromatic carbocycles. The maximum Gasteiger partial charge on any atom is 0.284 e. The van der Waals surface area contributed by atoms with Crippen molar-refractivity contribution in [3.63, 3.8) is 0 Å². The van der Waals surface area contributed by atoms with Crippen molar-refractivity contribution >= 4 is 39.1 Å². The molecule has 10 heteroatoms. The molecule has 0 saturated carbocycles. The molecule has 0 spiro atoms. The van der Waals surface area contributed by atoms with Crippen LogP contribution in [0.5, 0.6) is 0 Å². The molecule has 122 valence electrons. The van der Waals surface area contributed by atoms with Crippen molar-refractivity contribution in [3.05, 3.63) is 41.4 Å². The lowest BCUT2D eigenvalue weighted by atomic mass is 10.2. The van der Waals surface area contributed by atoms with E-state index in [-0.39, 0.29) is 10.9 Å². The zero-order valence-electron chi connectivity index (χ0n) is 12.4. The summed E-state index contributed by atoms with van der Waals surface area (Å²) >= 11 is 1.95. The molecule has 0 atom stereocenters. The van der Waals surface area contributed by atoms with E-state index >= 15 is 0 Å². The number of anilines is 1. The highest BCUT2D eigenvalue weighted by Gasteiger charge is 2.22. The fourth-order valence-corrected chi connectivity index (χ4v) is 2.90. The van der Waals surface area contributed by atoms with Crippen LogP contribution in [0, 0.1) is 0 Å². The van der Waals surface area contributed by atoms with Crippen LogP contribution in [-0.4, -0.2) is 33.1 Å². The molecular formula is C14H11N5O3S2. The number of rotatable bonds is 5. The third-order valence-electron chi connectivity index (χ3n) is 2.75. The zero-order valence-corrected chi connectivity index (χ0v) is 14.0. The Morgan fingerprint density at radius 3 is 2.79 bits per heavy atom. The first kappa shape index (κ1) is 16.1. The van der Waals surface area contributed by atoms with E-state index in [9.17, 15) is 4.79 Å². The van der Waals surface area contributed by atoms with Gasteiger partial charge in [0.15, 0.2) is 10.8 Å². The first-order valence-electron chi connectivity index (χ1n) is 6.61. The fraction of sp³-hybridized carbons (Fsp3) is 0.0714. The van der Waals surface area contributed by atoms with Gasteiger partial charge in [0.05, 0.1) is 0 Å². The standard InChI is InChI=1S/C14H11N5O3S2/c1-21-19-10(9-7-23-13(15)16-9)12(20)24-14-18-17-11(22-14)8-5-3-2-4-6-8/h2-7H,1H3,(H2,15,16)/b19-10-. The van der Waals surface area contributed by atoms with Crippen LogP contribution in [0.15, 0.2) is 50.5 Å². The summed E-state index contributed by atoms with van der Waals surface area (Å²) in [4.78, 5) is 21.1. The van der Waals surface area contributed by atoms with Crippen molar-refractivity contribution in [3.8, 4) is 11.5 Å². The molecule has 2 N–H and O–H groups in total. The van der Waals surface area contributed by atoms with Crippen LogP contribution in [0.25, 0.3) is 11.5 Å². The topological polar surface area (TPSA) is 116 Å². The molecule has 24 heavy (non-hydrogen) atoms. The van der Waals surface area contributed by atoms with Crippen molar-refractivity contribution in [1.82, 2.24) is 15.2 Å². The van der Waals surface area contributed by atoms with Gasteiger partial charge in [0.25, 0.3) is 10.3 Å². The second-order valence-electron chi connectivity index (χ2n) is 4.32. The molecule has 0 aliphatic carbocycles. The number of thioether (sulfide) groups is 1. The van der Waals surface area contributed by atoms with Gasteiger partial charge in [-0.1, -0.05) is 23.4 Å². The van der Waals surface area contributed by atoms with Gasteiger partial charge in [0.2, 0.25) is 5.89 Å². The highest BCUT2D eigenvalue weighted by molar-refractivity contribution is 8.15. The van der Waals surface area contributed by atoms with Crippen molar-refractivity contribution in [2.45, 2.75) is 5.22 Å². The van der Waals surface area contributed by atoms with Gasteiger partial charge >= 0.3 is 0 Å². The highest BCUT2D eigenvalue weighted by atomic mass is 32.2. The predicted octanol–water partition coefficient (Wildman–Crippen LogP) is 2.44. The molecule has 3 rings (SSSR count). The van der Waals surface area contributed by atoms with Gasteiger partial charge in [-0.2, -0.15) is 0 Å².